The first-order valence-electron chi connectivity index (χ1n) is 10.2. The van der Waals surface area contributed by atoms with E-state index in [0.29, 0.717) is 18.0 Å². The lowest BCUT2D eigenvalue weighted by Gasteiger charge is -2.34. The molecule has 1 aliphatic heterocycles. The number of benzene rings is 2. The number of piperazine rings is 1. The molecular weight excluding hydrogens is 380 g/mol. The third kappa shape index (κ3) is 5.97. The number of Topliss-reactive ketones (excluding diaryl/α,β-unsaturated/α-hetero) is 1. The Kier molecular flexibility index (Phi) is 7.30. The number of nitrogens with zero attached hydrogens (tertiary/aromatic N) is 2. The van der Waals surface area contributed by atoms with Crippen LogP contribution in [0.4, 0.5) is 17.1 Å². The van der Waals surface area contributed by atoms with E-state index in [1.54, 1.807) is 0 Å². The van der Waals surface area contributed by atoms with Crippen LogP contribution in [0, 0.1) is 0 Å². The van der Waals surface area contributed by atoms with E-state index < -0.39 is 6.10 Å². The Hall–Kier alpha value is -3.06. The molecule has 2 aromatic carbocycles. The maximum absolute atomic E-state index is 12.1. The van der Waals surface area contributed by atoms with Crippen LogP contribution in [0.25, 0.3) is 0 Å². The van der Waals surface area contributed by atoms with Gasteiger partial charge in [0.15, 0.2) is 11.9 Å². The number of amides is 1. The SMILES string of the molecule is CC(=O)Nc1ccc(N2CCN(C)CC2)cc1NCC(Oc1ccccc1)C(C)=O. The molecule has 7 nitrogen and oxygen atoms in total. The summed E-state index contributed by atoms with van der Waals surface area (Å²) in [6.07, 6.45) is -0.634. The zero-order valence-corrected chi connectivity index (χ0v) is 17.9. The minimum absolute atomic E-state index is 0.0670. The molecule has 1 atom stereocenters. The number of para-hydroxylation sites is 1. The molecule has 2 aromatic rings. The number of hydrogen-bond acceptors (Lipinski definition) is 6. The summed E-state index contributed by atoms with van der Waals surface area (Å²) in [6, 6.07) is 15.2. The molecular formula is C23H30N4O3. The predicted octanol–water partition coefficient (Wildman–Crippen LogP) is 2.85. The van der Waals surface area contributed by atoms with E-state index in [9.17, 15) is 9.59 Å². The fraction of sp³-hybridized carbons (Fsp3) is 0.391. The van der Waals surface area contributed by atoms with E-state index in [1.807, 2.05) is 48.5 Å². The van der Waals surface area contributed by atoms with Gasteiger partial charge in [0.25, 0.3) is 0 Å². The van der Waals surface area contributed by atoms with Crippen molar-refractivity contribution >= 4 is 28.8 Å². The van der Waals surface area contributed by atoms with E-state index in [2.05, 4.69) is 27.5 Å². The summed E-state index contributed by atoms with van der Waals surface area (Å²) in [5.74, 6) is 0.435. The molecule has 30 heavy (non-hydrogen) atoms. The first-order chi connectivity index (χ1) is 14.4. The molecule has 0 spiro atoms. The number of hydrogen-bond donors (Lipinski definition) is 2. The van der Waals surface area contributed by atoms with Crippen molar-refractivity contribution in [2.24, 2.45) is 0 Å². The minimum atomic E-state index is -0.634. The number of nitrogens with one attached hydrogen (secondary N) is 2. The highest BCUT2D eigenvalue weighted by molar-refractivity contribution is 5.93. The van der Waals surface area contributed by atoms with Gasteiger partial charge in [0, 0.05) is 38.8 Å². The Balaban J connectivity index is 1.76. The highest BCUT2D eigenvalue weighted by Crippen LogP contribution is 2.29. The molecule has 1 saturated heterocycles. The summed E-state index contributed by atoms with van der Waals surface area (Å²) in [5.41, 5.74) is 2.54. The Morgan fingerprint density at radius 1 is 1.00 bits per heavy atom. The van der Waals surface area contributed by atoms with Crippen LogP contribution in [-0.4, -0.2) is 62.5 Å². The molecule has 1 fully saturated rings. The lowest BCUT2D eigenvalue weighted by molar-refractivity contribution is -0.123. The van der Waals surface area contributed by atoms with Gasteiger partial charge in [-0.1, -0.05) is 18.2 Å². The maximum atomic E-state index is 12.1. The van der Waals surface area contributed by atoms with Crippen molar-refractivity contribution in [3.05, 3.63) is 48.5 Å². The Morgan fingerprint density at radius 2 is 1.70 bits per heavy atom. The number of rotatable bonds is 8. The normalized spacial score (nSPS) is 15.4. The topological polar surface area (TPSA) is 73.9 Å². The molecule has 1 unspecified atom stereocenters. The second-order valence-corrected chi connectivity index (χ2v) is 7.61. The second-order valence-electron chi connectivity index (χ2n) is 7.61. The van der Waals surface area contributed by atoms with Gasteiger partial charge >= 0.3 is 0 Å². The molecule has 3 rings (SSSR count). The molecule has 2 N–H and O–H groups in total. The molecule has 160 valence electrons. The van der Waals surface area contributed by atoms with Crippen molar-refractivity contribution < 1.29 is 14.3 Å². The third-order valence-electron chi connectivity index (χ3n) is 5.14. The molecule has 0 aliphatic carbocycles. The molecule has 0 saturated carbocycles. The summed E-state index contributed by atoms with van der Waals surface area (Å²) in [4.78, 5) is 28.4. The fourth-order valence-electron chi connectivity index (χ4n) is 3.37. The van der Waals surface area contributed by atoms with Crippen LogP contribution in [0.5, 0.6) is 5.75 Å². The molecule has 1 amide bonds. The number of carbonyl (C=O) groups excluding carboxylic acids is 2. The van der Waals surface area contributed by atoms with Crippen molar-refractivity contribution in [1.29, 1.82) is 0 Å². The highest BCUT2D eigenvalue weighted by atomic mass is 16.5. The summed E-state index contributed by atoms with van der Waals surface area (Å²) in [7, 11) is 2.12. The van der Waals surface area contributed by atoms with Crippen LogP contribution in [0.1, 0.15) is 13.8 Å². The van der Waals surface area contributed by atoms with E-state index in [-0.39, 0.29) is 11.7 Å². The second kappa shape index (κ2) is 10.1. The number of carbonyl (C=O) groups is 2. The Labute approximate surface area is 178 Å². The van der Waals surface area contributed by atoms with E-state index in [1.165, 1.54) is 13.8 Å². The zero-order chi connectivity index (χ0) is 21.5. The summed E-state index contributed by atoms with van der Waals surface area (Å²) in [6.45, 7) is 7.20. The van der Waals surface area contributed by atoms with E-state index >= 15 is 0 Å². The van der Waals surface area contributed by atoms with E-state index in [0.717, 1.165) is 37.6 Å². The van der Waals surface area contributed by atoms with Crippen LogP contribution >= 0.6 is 0 Å². The van der Waals surface area contributed by atoms with Crippen LogP contribution in [0.15, 0.2) is 48.5 Å². The van der Waals surface area contributed by atoms with Gasteiger partial charge in [0.1, 0.15) is 5.75 Å². The van der Waals surface area contributed by atoms with Crippen LogP contribution < -0.4 is 20.3 Å². The van der Waals surface area contributed by atoms with Gasteiger partial charge < -0.3 is 25.2 Å². The predicted molar refractivity (Wildman–Crippen MR) is 120 cm³/mol. The standard InChI is InChI=1S/C23H30N4O3/c1-17(28)23(30-20-7-5-4-6-8-20)16-24-22-15-19(9-10-21(22)25-18(2)29)27-13-11-26(3)12-14-27/h4-10,15,23-24H,11-14,16H2,1-3H3,(H,25,29). The molecule has 1 heterocycles. The van der Waals surface area contributed by atoms with Crippen molar-refractivity contribution in [2.75, 3.05) is 55.3 Å². The lowest BCUT2D eigenvalue weighted by atomic mass is 10.1. The first kappa shape index (κ1) is 21.6. The Morgan fingerprint density at radius 3 is 2.33 bits per heavy atom. The zero-order valence-electron chi connectivity index (χ0n) is 17.9. The van der Waals surface area contributed by atoms with Crippen LogP contribution in [0.2, 0.25) is 0 Å². The van der Waals surface area contributed by atoms with Gasteiger partial charge in [-0.15, -0.1) is 0 Å². The van der Waals surface area contributed by atoms with Crippen LogP contribution in [-0.2, 0) is 9.59 Å². The van der Waals surface area contributed by atoms with Gasteiger partial charge in [0.05, 0.1) is 17.9 Å². The number of ether oxygens (including phenoxy) is 1. The molecule has 7 heteroatoms. The van der Waals surface area contributed by atoms with Gasteiger partial charge in [-0.3, -0.25) is 9.59 Å². The summed E-state index contributed by atoms with van der Waals surface area (Å²) in [5, 5.41) is 6.17. The van der Waals surface area contributed by atoms with Crippen LogP contribution in [0.3, 0.4) is 0 Å². The van der Waals surface area contributed by atoms with Gasteiger partial charge in [0.2, 0.25) is 5.91 Å². The average Bonchev–Trinajstić information content (AvgIpc) is 2.72. The summed E-state index contributed by atoms with van der Waals surface area (Å²) >= 11 is 0. The average molecular weight is 411 g/mol. The lowest BCUT2D eigenvalue weighted by Crippen LogP contribution is -2.44. The number of likely N-dealkylation sites (N-methyl/N-ethyl adjacent to an activating group) is 1. The highest BCUT2D eigenvalue weighted by Gasteiger charge is 2.19. The van der Waals surface area contributed by atoms with Gasteiger partial charge in [-0.05, 0) is 44.3 Å². The van der Waals surface area contributed by atoms with Crippen molar-refractivity contribution in [1.82, 2.24) is 4.90 Å². The Bertz CT molecular complexity index is 864. The monoisotopic (exact) mass is 410 g/mol. The van der Waals surface area contributed by atoms with E-state index in [4.69, 9.17) is 4.74 Å². The first-order valence-corrected chi connectivity index (χ1v) is 10.2. The quantitative estimate of drug-likeness (QED) is 0.697. The van der Waals surface area contributed by atoms with Crippen molar-refractivity contribution in [2.45, 2.75) is 20.0 Å². The molecule has 0 bridgehead atoms. The molecule has 0 radical (unpaired) electrons. The largest absolute Gasteiger partial charge is 0.481 e. The summed E-state index contributed by atoms with van der Waals surface area (Å²) < 4.78 is 5.86. The number of ketones is 1. The van der Waals surface area contributed by atoms with Gasteiger partial charge in [-0.2, -0.15) is 0 Å². The minimum Gasteiger partial charge on any atom is -0.481 e. The number of anilines is 3. The fourth-order valence-corrected chi connectivity index (χ4v) is 3.37. The molecule has 0 aromatic heterocycles. The third-order valence-corrected chi connectivity index (χ3v) is 5.14. The smallest absolute Gasteiger partial charge is 0.221 e. The van der Waals surface area contributed by atoms with Gasteiger partial charge in [-0.25, -0.2) is 0 Å². The molecule has 1 aliphatic rings. The maximum Gasteiger partial charge on any atom is 0.221 e. The van der Waals surface area contributed by atoms with Crippen molar-refractivity contribution in [3.63, 3.8) is 0 Å². The van der Waals surface area contributed by atoms with Crippen molar-refractivity contribution in [3.8, 4) is 5.75 Å².